The SMILES string of the molecule is Cc1[nH]nc(C(=O)NCCCS(N)(=O)=O)c1N. The lowest BCUT2D eigenvalue weighted by atomic mass is 10.3. The number of aryl methyl sites for hydroxylation is 1. The molecule has 17 heavy (non-hydrogen) atoms. The first kappa shape index (κ1) is 13.5. The van der Waals surface area contributed by atoms with Gasteiger partial charge in [-0.15, -0.1) is 0 Å². The lowest BCUT2D eigenvalue weighted by Gasteiger charge is -2.02. The standard InChI is InChI=1S/C8H15N5O3S/c1-5-6(9)7(13-12-5)8(14)11-3-2-4-17(10,15)16/h2-4,9H2,1H3,(H,11,14)(H,12,13)(H2,10,15,16). The molecule has 0 radical (unpaired) electrons. The van der Waals surface area contributed by atoms with E-state index in [9.17, 15) is 13.2 Å². The van der Waals surface area contributed by atoms with Crippen molar-refractivity contribution in [1.29, 1.82) is 0 Å². The van der Waals surface area contributed by atoms with Crippen molar-refractivity contribution < 1.29 is 13.2 Å². The third-order valence-corrected chi connectivity index (χ3v) is 2.96. The van der Waals surface area contributed by atoms with E-state index >= 15 is 0 Å². The number of nitrogens with two attached hydrogens (primary N) is 2. The van der Waals surface area contributed by atoms with Crippen LogP contribution in [0.1, 0.15) is 22.6 Å². The third-order valence-electron chi connectivity index (χ3n) is 2.10. The van der Waals surface area contributed by atoms with E-state index < -0.39 is 15.9 Å². The van der Waals surface area contributed by atoms with Gasteiger partial charge in [-0.25, -0.2) is 13.6 Å². The minimum absolute atomic E-state index is 0.109. The average molecular weight is 261 g/mol. The van der Waals surface area contributed by atoms with E-state index in [4.69, 9.17) is 10.9 Å². The number of hydrogen-bond acceptors (Lipinski definition) is 5. The topological polar surface area (TPSA) is 144 Å². The van der Waals surface area contributed by atoms with E-state index in [0.717, 1.165) is 0 Å². The Labute approximate surface area is 98.8 Å². The molecular weight excluding hydrogens is 246 g/mol. The molecule has 96 valence electrons. The predicted molar refractivity (Wildman–Crippen MR) is 62.7 cm³/mol. The maximum Gasteiger partial charge on any atom is 0.273 e. The van der Waals surface area contributed by atoms with E-state index in [2.05, 4.69) is 15.5 Å². The van der Waals surface area contributed by atoms with Crippen LogP contribution in [0.15, 0.2) is 0 Å². The van der Waals surface area contributed by atoms with Crippen molar-refractivity contribution in [2.45, 2.75) is 13.3 Å². The van der Waals surface area contributed by atoms with E-state index in [1.165, 1.54) is 0 Å². The van der Waals surface area contributed by atoms with Crippen molar-refractivity contribution in [3.8, 4) is 0 Å². The molecule has 0 aliphatic carbocycles. The Bertz CT molecular complexity index is 507. The number of carbonyl (C=O) groups excluding carboxylic acids is 1. The Morgan fingerprint density at radius 1 is 1.53 bits per heavy atom. The normalized spacial score (nSPS) is 11.4. The highest BCUT2D eigenvalue weighted by molar-refractivity contribution is 7.89. The molecule has 1 amide bonds. The van der Waals surface area contributed by atoms with Crippen LogP contribution < -0.4 is 16.2 Å². The Hall–Kier alpha value is -1.61. The maximum atomic E-state index is 11.5. The molecule has 9 heteroatoms. The van der Waals surface area contributed by atoms with Gasteiger partial charge in [0.1, 0.15) is 0 Å². The summed E-state index contributed by atoms with van der Waals surface area (Å²) in [5.41, 5.74) is 6.61. The molecule has 0 saturated heterocycles. The van der Waals surface area contributed by atoms with Crippen LogP contribution >= 0.6 is 0 Å². The number of nitrogens with one attached hydrogen (secondary N) is 2. The van der Waals surface area contributed by atoms with E-state index in [-0.39, 0.29) is 30.1 Å². The summed E-state index contributed by atoms with van der Waals surface area (Å²) in [7, 11) is -3.49. The molecule has 0 aromatic carbocycles. The van der Waals surface area contributed by atoms with Crippen molar-refractivity contribution in [2.75, 3.05) is 18.0 Å². The highest BCUT2D eigenvalue weighted by Gasteiger charge is 2.14. The van der Waals surface area contributed by atoms with E-state index in [1.54, 1.807) is 6.92 Å². The largest absolute Gasteiger partial charge is 0.395 e. The average Bonchev–Trinajstić information content (AvgIpc) is 2.53. The van der Waals surface area contributed by atoms with Gasteiger partial charge in [0.25, 0.3) is 5.91 Å². The molecule has 0 saturated carbocycles. The molecule has 0 spiro atoms. The second-order valence-electron chi connectivity index (χ2n) is 3.59. The monoisotopic (exact) mass is 261 g/mol. The maximum absolute atomic E-state index is 11.5. The van der Waals surface area contributed by atoms with Gasteiger partial charge in [0.2, 0.25) is 10.0 Å². The summed E-state index contributed by atoms with van der Waals surface area (Å²) in [4.78, 5) is 11.5. The molecule has 0 fully saturated rings. The van der Waals surface area contributed by atoms with Crippen LogP contribution in [0.25, 0.3) is 0 Å². The fraction of sp³-hybridized carbons (Fsp3) is 0.500. The van der Waals surface area contributed by atoms with Crippen molar-refractivity contribution in [3.05, 3.63) is 11.4 Å². The van der Waals surface area contributed by atoms with Crippen LogP contribution in [0.3, 0.4) is 0 Å². The third kappa shape index (κ3) is 4.04. The van der Waals surface area contributed by atoms with Gasteiger partial charge in [0.15, 0.2) is 5.69 Å². The number of hydrogen-bond donors (Lipinski definition) is 4. The fourth-order valence-corrected chi connectivity index (χ4v) is 1.72. The lowest BCUT2D eigenvalue weighted by molar-refractivity contribution is 0.0949. The fourth-order valence-electron chi connectivity index (χ4n) is 1.17. The summed E-state index contributed by atoms with van der Waals surface area (Å²) in [5, 5.41) is 13.6. The smallest absolute Gasteiger partial charge is 0.273 e. The number of amides is 1. The summed E-state index contributed by atoms with van der Waals surface area (Å²) >= 11 is 0. The number of aromatic amines is 1. The Balaban J connectivity index is 2.43. The van der Waals surface area contributed by atoms with Crippen molar-refractivity contribution in [1.82, 2.24) is 15.5 Å². The number of carbonyl (C=O) groups is 1. The Morgan fingerprint density at radius 2 is 2.18 bits per heavy atom. The van der Waals surface area contributed by atoms with E-state index in [0.29, 0.717) is 5.69 Å². The quantitative estimate of drug-likeness (QED) is 0.487. The zero-order valence-corrected chi connectivity index (χ0v) is 10.2. The number of nitrogen functional groups attached to an aromatic ring is 1. The molecule has 1 rings (SSSR count). The number of aromatic nitrogens is 2. The summed E-state index contributed by atoms with van der Waals surface area (Å²) < 4.78 is 21.3. The van der Waals surface area contributed by atoms with Gasteiger partial charge < -0.3 is 11.1 Å². The molecule has 0 unspecified atom stereocenters. The summed E-state index contributed by atoms with van der Waals surface area (Å²) in [6, 6.07) is 0. The minimum Gasteiger partial charge on any atom is -0.395 e. The number of primary sulfonamides is 1. The second-order valence-corrected chi connectivity index (χ2v) is 5.32. The lowest BCUT2D eigenvalue weighted by Crippen LogP contribution is -2.28. The molecule has 0 aliphatic heterocycles. The van der Waals surface area contributed by atoms with Crippen LogP contribution in [-0.2, 0) is 10.0 Å². The zero-order valence-electron chi connectivity index (χ0n) is 9.36. The summed E-state index contributed by atoms with van der Waals surface area (Å²) in [6.07, 6.45) is 0.244. The summed E-state index contributed by atoms with van der Waals surface area (Å²) in [6.45, 7) is 1.89. The number of nitrogens with zero attached hydrogens (tertiary/aromatic N) is 1. The summed E-state index contributed by atoms with van der Waals surface area (Å²) in [5.74, 6) is -0.621. The highest BCUT2D eigenvalue weighted by atomic mass is 32.2. The molecule has 0 atom stereocenters. The van der Waals surface area contributed by atoms with Gasteiger partial charge >= 0.3 is 0 Å². The molecule has 1 heterocycles. The van der Waals surface area contributed by atoms with Crippen LogP contribution in [0, 0.1) is 6.92 Å². The van der Waals surface area contributed by atoms with E-state index in [1.807, 2.05) is 0 Å². The second kappa shape index (κ2) is 5.15. The Morgan fingerprint density at radius 3 is 2.65 bits per heavy atom. The van der Waals surface area contributed by atoms with Gasteiger partial charge in [0.05, 0.1) is 17.1 Å². The minimum atomic E-state index is -3.49. The van der Waals surface area contributed by atoms with Gasteiger partial charge in [-0.2, -0.15) is 5.10 Å². The number of rotatable bonds is 5. The van der Waals surface area contributed by atoms with Crippen LogP contribution in [0.5, 0.6) is 0 Å². The molecule has 0 bridgehead atoms. The van der Waals surface area contributed by atoms with Crippen LogP contribution in [-0.4, -0.2) is 36.8 Å². The molecular formula is C8H15N5O3S. The molecule has 1 aromatic rings. The predicted octanol–water partition coefficient (Wildman–Crippen LogP) is -1.29. The van der Waals surface area contributed by atoms with Gasteiger partial charge in [-0.3, -0.25) is 9.89 Å². The first-order valence-corrected chi connectivity index (χ1v) is 6.62. The Kier molecular flexibility index (Phi) is 4.07. The zero-order chi connectivity index (χ0) is 13.1. The molecule has 0 aliphatic rings. The van der Waals surface area contributed by atoms with Crippen molar-refractivity contribution >= 4 is 21.6 Å². The van der Waals surface area contributed by atoms with Gasteiger partial charge in [-0.05, 0) is 13.3 Å². The van der Waals surface area contributed by atoms with Gasteiger partial charge in [0, 0.05) is 6.54 Å². The highest BCUT2D eigenvalue weighted by Crippen LogP contribution is 2.11. The first-order chi connectivity index (χ1) is 7.81. The van der Waals surface area contributed by atoms with Crippen LogP contribution in [0.4, 0.5) is 5.69 Å². The van der Waals surface area contributed by atoms with Crippen LogP contribution in [0.2, 0.25) is 0 Å². The number of H-pyrrole nitrogens is 1. The number of sulfonamides is 1. The van der Waals surface area contributed by atoms with Gasteiger partial charge in [-0.1, -0.05) is 0 Å². The van der Waals surface area contributed by atoms with Crippen molar-refractivity contribution in [2.24, 2.45) is 5.14 Å². The first-order valence-electron chi connectivity index (χ1n) is 4.90. The molecule has 8 nitrogen and oxygen atoms in total. The molecule has 6 N–H and O–H groups in total. The van der Waals surface area contributed by atoms with Crippen molar-refractivity contribution in [3.63, 3.8) is 0 Å². The number of anilines is 1. The molecule has 1 aromatic heterocycles.